The van der Waals surface area contributed by atoms with Crippen LogP contribution in [0.3, 0.4) is 0 Å². The lowest BCUT2D eigenvalue weighted by Gasteiger charge is -2.40. The molecule has 1 N–H and O–H groups in total. The SMILES string of the molecule is CCOC1(C(O)Cc2ccc(Cl)s2)CCCCC1. The van der Waals surface area contributed by atoms with Gasteiger partial charge in [-0.15, -0.1) is 11.3 Å². The molecule has 1 aliphatic rings. The highest BCUT2D eigenvalue weighted by molar-refractivity contribution is 7.16. The van der Waals surface area contributed by atoms with Crippen molar-refractivity contribution in [1.29, 1.82) is 0 Å². The lowest BCUT2D eigenvalue weighted by molar-refractivity contribution is -0.138. The normalized spacial score (nSPS) is 20.8. The van der Waals surface area contributed by atoms with E-state index in [-0.39, 0.29) is 5.60 Å². The second-order valence-electron chi connectivity index (χ2n) is 4.98. The molecule has 2 nitrogen and oxygen atoms in total. The van der Waals surface area contributed by atoms with E-state index < -0.39 is 6.10 Å². The van der Waals surface area contributed by atoms with Gasteiger partial charge in [0.25, 0.3) is 0 Å². The Bertz CT molecular complexity index is 366. The molecule has 0 radical (unpaired) electrons. The van der Waals surface area contributed by atoms with Crippen LogP contribution in [0, 0.1) is 0 Å². The first-order valence-electron chi connectivity index (χ1n) is 6.72. The predicted molar refractivity (Wildman–Crippen MR) is 76.5 cm³/mol. The lowest BCUT2D eigenvalue weighted by atomic mass is 9.79. The van der Waals surface area contributed by atoms with Crippen molar-refractivity contribution >= 4 is 22.9 Å². The number of rotatable bonds is 5. The van der Waals surface area contributed by atoms with Gasteiger partial charge in [-0.1, -0.05) is 30.9 Å². The largest absolute Gasteiger partial charge is 0.390 e. The number of hydrogen-bond donors (Lipinski definition) is 1. The van der Waals surface area contributed by atoms with Crippen LogP contribution in [0.25, 0.3) is 0 Å². The van der Waals surface area contributed by atoms with Crippen molar-refractivity contribution in [2.45, 2.75) is 57.2 Å². The molecule has 1 aromatic heterocycles. The van der Waals surface area contributed by atoms with Crippen molar-refractivity contribution in [3.8, 4) is 0 Å². The lowest BCUT2D eigenvalue weighted by Crippen LogP contribution is -2.47. The maximum Gasteiger partial charge on any atom is 0.0943 e. The van der Waals surface area contributed by atoms with Gasteiger partial charge in [0.05, 0.1) is 16.0 Å². The molecule has 1 aliphatic carbocycles. The Kier molecular flexibility index (Phi) is 5.07. The molecule has 18 heavy (non-hydrogen) atoms. The fraction of sp³-hybridized carbons (Fsp3) is 0.714. The Balaban J connectivity index is 2.05. The minimum absolute atomic E-state index is 0.330. The van der Waals surface area contributed by atoms with Crippen LogP contribution >= 0.6 is 22.9 Å². The maximum atomic E-state index is 10.6. The smallest absolute Gasteiger partial charge is 0.0943 e. The third kappa shape index (κ3) is 3.27. The molecule has 1 atom stereocenters. The summed E-state index contributed by atoms with van der Waals surface area (Å²) >= 11 is 7.48. The van der Waals surface area contributed by atoms with Crippen molar-refractivity contribution in [3.05, 3.63) is 21.3 Å². The van der Waals surface area contributed by atoms with E-state index in [1.54, 1.807) is 11.3 Å². The number of aliphatic hydroxyl groups excluding tert-OH is 1. The zero-order chi connectivity index (χ0) is 13.0. The van der Waals surface area contributed by atoms with Crippen LogP contribution in [-0.2, 0) is 11.2 Å². The van der Waals surface area contributed by atoms with Gasteiger partial charge in [-0.05, 0) is 31.9 Å². The Hall–Kier alpha value is -0.0900. The van der Waals surface area contributed by atoms with Gasteiger partial charge in [0.1, 0.15) is 0 Å². The summed E-state index contributed by atoms with van der Waals surface area (Å²) in [6.45, 7) is 2.67. The first-order chi connectivity index (χ1) is 8.66. The first-order valence-corrected chi connectivity index (χ1v) is 7.92. The van der Waals surface area contributed by atoms with E-state index in [9.17, 15) is 5.11 Å². The van der Waals surface area contributed by atoms with Crippen LogP contribution in [0.1, 0.15) is 43.9 Å². The standard InChI is InChI=1S/C14H21ClO2S/c1-2-17-14(8-4-3-5-9-14)12(16)10-11-6-7-13(15)18-11/h6-7,12,16H,2-5,8-10H2,1H3. The van der Waals surface area contributed by atoms with Crippen LogP contribution < -0.4 is 0 Å². The molecule has 1 heterocycles. The summed E-state index contributed by atoms with van der Waals surface area (Å²) in [6.07, 6.45) is 5.74. The fourth-order valence-electron chi connectivity index (χ4n) is 2.85. The number of hydrogen-bond acceptors (Lipinski definition) is 3. The van der Waals surface area contributed by atoms with Gasteiger partial charge in [-0.3, -0.25) is 0 Å². The van der Waals surface area contributed by atoms with Gasteiger partial charge >= 0.3 is 0 Å². The van der Waals surface area contributed by atoms with Crippen molar-refractivity contribution in [2.75, 3.05) is 6.61 Å². The minimum atomic E-state index is -0.424. The third-order valence-electron chi connectivity index (χ3n) is 3.76. The van der Waals surface area contributed by atoms with Gasteiger partial charge in [-0.25, -0.2) is 0 Å². The fourth-order valence-corrected chi connectivity index (χ4v) is 3.97. The molecule has 2 rings (SSSR count). The van der Waals surface area contributed by atoms with Gasteiger partial charge in [-0.2, -0.15) is 0 Å². The Labute approximate surface area is 118 Å². The maximum absolute atomic E-state index is 10.6. The predicted octanol–water partition coefficient (Wildman–Crippen LogP) is 4.04. The number of thiophene rings is 1. The van der Waals surface area contributed by atoms with Gasteiger partial charge in [0.15, 0.2) is 0 Å². The summed E-state index contributed by atoms with van der Waals surface area (Å²) in [6, 6.07) is 3.89. The van der Waals surface area contributed by atoms with Crippen molar-refractivity contribution in [1.82, 2.24) is 0 Å². The zero-order valence-corrected chi connectivity index (χ0v) is 12.4. The second kappa shape index (κ2) is 6.38. The minimum Gasteiger partial charge on any atom is -0.390 e. The summed E-state index contributed by atoms with van der Waals surface area (Å²) < 4.78 is 6.72. The second-order valence-corrected chi connectivity index (χ2v) is 6.78. The van der Waals surface area contributed by atoms with Gasteiger partial charge < -0.3 is 9.84 Å². The molecule has 1 aromatic rings. The Morgan fingerprint density at radius 3 is 2.67 bits per heavy atom. The van der Waals surface area contributed by atoms with Crippen molar-refractivity contribution < 1.29 is 9.84 Å². The van der Waals surface area contributed by atoms with E-state index in [1.165, 1.54) is 6.42 Å². The zero-order valence-electron chi connectivity index (χ0n) is 10.8. The van der Waals surface area contributed by atoms with E-state index in [0.29, 0.717) is 13.0 Å². The molecule has 102 valence electrons. The molecule has 0 spiro atoms. The topological polar surface area (TPSA) is 29.5 Å². The van der Waals surface area contributed by atoms with E-state index in [2.05, 4.69) is 0 Å². The summed E-state index contributed by atoms with van der Waals surface area (Å²) in [4.78, 5) is 1.14. The Morgan fingerprint density at radius 2 is 2.11 bits per heavy atom. The molecule has 1 saturated carbocycles. The monoisotopic (exact) mass is 288 g/mol. The molecule has 0 saturated heterocycles. The van der Waals surface area contributed by atoms with Crippen LogP contribution in [0.4, 0.5) is 0 Å². The highest BCUT2D eigenvalue weighted by atomic mass is 35.5. The molecule has 0 aromatic carbocycles. The molecular weight excluding hydrogens is 268 g/mol. The average Bonchev–Trinajstić information content (AvgIpc) is 2.76. The summed E-state index contributed by atoms with van der Waals surface area (Å²) in [5.74, 6) is 0. The van der Waals surface area contributed by atoms with E-state index >= 15 is 0 Å². The van der Waals surface area contributed by atoms with E-state index in [0.717, 1.165) is 34.9 Å². The molecule has 0 bridgehead atoms. The Morgan fingerprint density at radius 1 is 1.39 bits per heavy atom. The summed E-state index contributed by atoms with van der Waals surface area (Å²) in [5, 5.41) is 10.6. The number of halogens is 1. The third-order valence-corrected chi connectivity index (χ3v) is 5.02. The highest BCUT2D eigenvalue weighted by Gasteiger charge is 2.39. The molecular formula is C14H21ClO2S. The van der Waals surface area contributed by atoms with Crippen LogP contribution in [-0.4, -0.2) is 23.4 Å². The molecule has 0 aliphatic heterocycles. The van der Waals surface area contributed by atoms with Gasteiger partial charge in [0, 0.05) is 17.9 Å². The summed E-state index contributed by atoms with van der Waals surface area (Å²) in [5.41, 5.74) is -0.330. The van der Waals surface area contributed by atoms with Crippen LogP contribution in [0.2, 0.25) is 4.34 Å². The highest BCUT2D eigenvalue weighted by Crippen LogP contribution is 2.36. The number of aliphatic hydroxyl groups is 1. The van der Waals surface area contributed by atoms with Crippen molar-refractivity contribution in [2.24, 2.45) is 0 Å². The first kappa shape index (κ1) is 14.3. The molecule has 1 fully saturated rings. The van der Waals surface area contributed by atoms with E-state index in [4.69, 9.17) is 16.3 Å². The van der Waals surface area contributed by atoms with E-state index in [1.807, 2.05) is 19.1 Å². The van der Waals surface area contributed by atoms with Crippen molar-refractivity contribution in [3.63, 3.8) is 0 Å². The molecule has 1 unspecified atom stereocenters. The van der Waals surface area contributed by atoms with Gasteiger partial charge in [0.2, 0.25) is 0 Å². The summed E-state index contributed by atoms with van der Waals surface area (Å²) in [7, 11) is 0. The molecule has 0 amide bonds. The average molecular weight is 289 g/mol. The van der Waals surface area contributed by atoms with Crippen LogP contribution in [0.15, 0.2) is 12.1 Å². The quantitative estimate of drug-likeness (QED) is 0.886. The number of ether oxygens (including phenoxy) is 1. The molecule has 4 heteroatoms. The van der Waals surface area contributed by atoms with Crippen LogP contribution in [0.5, 0.6) is 0 Å².